The molecule has 118 heavy (non-hydrogen) atoms. The van der Waals surface area contributed by atoms with Gasteiger partial charge in [-0.25, -0.2) is 0 Å². The molecule has 0 heterocycles. The zero-order valence-electron chi connectivity index (χ0n) is 66.5. The third-order valence-electron chi connectivity index (χ3n) is 26.4. The maximum Gasteiger partial charge on any atom is 0.0713 e. The van der Waals surface area contributed by atoms with Gasteiger partial charge in [0.25, 0.3) is 0 Å². The van der Waals surface area contributed by atoms with E-state index in [2.05, 4.69) is 474 Å². The predicted octanol–water partition coefficient (Wildman–Crippen LogP) is 30.3. The first kappa shape index (κ1) is 70.2. The highest BCUT2D eigenvalue weighted by Gasteiger charge is 2.49. The van der Waals surface area contributed by atoms with Crippen molar-refractivity contribution < 1.29 is 0 Å². The fraction of sp³-hybridized carbons (Fsp3) is 0.0690. The summed E-state index contributed by atoms with van der Waals surface area (Å²) in [4.78, 5) is 5.03. The lowest BCUT2D eigenvalue weighted by Gasteiger charge is -2.34. The molecule has 4 aliphatic carbocycles. The Balaban J connectivity index is 0.653. The Morgan fingerprint density at radius 2 is 0.466 bits per heavy atom. The number of para-hydroxylation sites is 3. The van der Waals surface area contributed by atoms with Crippen LogP contribution in [0.3, 0.4) is 0 Å². The second-order valence-corrected chi connectivity index (χ2v) is 33.3. The second kappa shape index (κ2) is 27.7. The van der Waals surface area contributed by atoms with Crippen molar-refractivity contribution in [3.05, 3.63) is 504 Å². The third-order valence-corrected chi connectivity index (χ3v) is 26.4. The number of benzene rings is 18. The standard InChI is InChI=1S/C116H84N2/c1-113(2)102-54-26-20-49-94(102)97-70-66-88(75-105(97)113)117(109-57-29-23-46-90(109)77-34-10-5-11-35-77)87-45-32-38-80(72-87)81-62-68-98-95-50-22-28-56-104(95)116(107(98)73-81,85-43-18-9-19-44-85)86-64-60-79(61-65-86)93-52-33-53-101-100-71-67-89(76-106(100)114(3,4)112(93)101)118(110-58-30-24-47-91(110)78-36-12-6-13-37-78)111-59-31-25-48-92(111)82-63-69-99-96-51-21-27-55-103(96)115(108(99)74-82,83-39-14-7-15-40-83)84-41-16-8-17-42-84/h5-76H,1-4H3. The largest absolute Gasteiger partial charge is 0.310 e. The van der Waals surface area contributed by atoms with E-state index < -0.39 is 16.2 Å². The molecule has 0 spiro atoms. The predicted molar refractivity (Wildman–Crippen MR) is 493 cm³/mol. The first-order valence-corrected chi connectivity index (χ1v) is 41.4. The molecule has 0 aliphatic heterocycles. The average molecular weight is 1510 g/mol. The molecule has 18 aromatic carbocycles. The van der Waals surface area contributed by atoms with Gasteiger partial charge in [-0.3, -0.25) is 0 Å². The minimum absolute atomic E-state index is 0.181. The van der Waals surface area contributed by atoms with Gasteiger partial charge >= 0.3 is 0 Å². The lowest BCUT2D eigenvalue weighted by atomic mass is 9.67. The van der Waals surface area contributed by atoms with Crippen LogP contribution in [0.25, 0.3) is 100 Å². The maximum absolute atomic E-state index is 2.54. The van der Waals surface area contributed by atoms with Crippen molar-refractivity contribution in [1.29, 1.82) is 0 Å². The van der Waals surface area contributed by atoms with Gasteiger partial charge in [-0.2, -0.15) is 0 Å². The van der Waals surface area contributed by atoms with Crippen molar-refractivity contribution in [2.75, 3.05) is 9.80 Å². The highest BCUT2D eigenvalue weighted by atomic mass is 15.2. The van der Waals surface area contributed by atoms with Crippen LogP contribution in [-0.4, -0.2) is 0 Å². The molecule has 1 atom stereocenters. The normalized spacial score (nSPS) is 14.8. The van der Waals surface area contributed by atoms with Crippen LogP contribution in [0.2, 0.25) is 0 Å². The van der Waals surface area contributed by atoms with Crippen LogP contribution in [0, 0.1) is 0 Å². The van der Waals surface area contributed by atoms with Crippen molar-refractivity contribution in [2.24, 2.45) is 0 Å². The first-order valence-electron chi connectivity index (χ1n) is 41.4. The van der Waals surface area contributed by atoms with Crippen LogP contribution in [-0.2, 0) is 21.7 Å². The van der Waals surface area contributed by atoms with Gasteiger partial charge in [-0.05, 0) is 217 Å². The van der Waals surface area contributed by atoms with E-state index in [0.29, 0.717) is 0 Å². The van der Waals surface area contributed by atoms with Gasteiger partial charge in [0.1, 0.15) is 0 Å². The Labute approximate surface area is 692 Å². The summed E-state index contributed by atoms with van der Waals surface area (Å²) in [6, 6.07) is 164. The molecule has 0 saturated heterocycles. The Hall–Kier alpha value is -14.4. The average Bonchev–Trinajstić information content (AvgIpc) is 1.55. The Kier molecular flexibility index (Phi) is 16.5. The van der Waals surface area contributed by atoms with E-state index in [1.807, 2.05) is 0 Å². The monoisotopic (exact) mass is 1500 g/mol. The van der Waals surface area contributed by atoms with Crippen LogP contribution >= 0.6 is 0 Å². The molecule has 0 saturated carbocycles. The molecule has 0 fully saturated rings. The van der Waals surface area contributed by atoms with Crippen molar-refractivity contribution in [3.8, 4) is 100 Å². The van der Waals surface area contributed by atoms with Crippen molar-refractivity contribution in [1.82, 2.24) is 0 Å². The summed E-state index contributed by atoms with van der Waals surface area (Å²) in [5, 5.41) is 0. The van der Waals surface area contributed by atoms with E-state index in [9.17, 15) is 0 Å². The van der Waals surface area contributed by atoms with Crippen LogP contribution < -0.4 is 9.80 Å². The Bertz CT molecular complexity index is 6940. The lowest BCUT2D eigenvalue weighted by Crippen LogP contribution is -2.28. The number of hydrogen-bond acceptors (Lipinski definition) is 2. The fourth-order valence-electron chi connectivity index (χ4n) is 21.2. The molecule has 18 aromatic rings. The van der Waals surface area contributed by atoms with E-state index in [1.54, 1.807) is 0 Å². The number of rotatable bonds is 15. The molecule has 0 N–H and O–H groups in total. The smallest absolute Gasteiger partial charge is 0.0713 e. The van der Waals surface area contributed by atoms with Crippen LogP contribution in [0.5, 0.6) is 0 Å². The van der Waals surface area contributed by atoms with Gasteiger partial charge in [0.15, 0.2) is 0 Å². The molecule has 22 rings (SSSR count). The summed E-state index contributed by atoms with van der Waals surface area (Å²) in [7, 11) is 0. The molecule has 1 unspecified atom stereocenters. The molecule has 0 aromatic heterocycles. The van der Waals surface area contributed by atoms with Crippen molar-refractivity contribution >= 4 is 34.1 Å². The van der Waals surface area contributed by atoms with E-state index in [1.165, 1.54) is 134 Å². The first-order chi connectivity index (χ1) is 58.1. The van der Waals surface area contributed by atoms with Gasteiger partial charge in [0.05, 0.1) is 27.9 Å². The van der Waals surface area contributed by atoms with Crippen LogP contribution in [0.15, 0.2) is 437 Å². The molecule has 0 bridgehead atoms. The number of anilines is 6. The second-order valence-electron chi connectivity index (χ2n) is 33.3. The van der Waals surface area contributed by atoms with Gasteiger partial charge in [-0.1, -0.05) is 398 Å². The van der Waals surface area contributed by atoms with Gasteiger partial charge < -0.3 is 9.80 Å². The topological polar surface area (TPSA) is 6.48 Å². The molecule has 4 aliphatic rings. The zero-order chi connectivity index (χ0) is 78.9. The molecule has 0 radical (unpaired) electrons. The summed E-state index contributed by atoms with van der Waals surface area (Å²) in [6.45, 7) is 9.65. The number of nitrogens with zero attached hydrogens (tertiary/aromatic N) is 2. The molecular weight excluding hydrogens is 1420 g/mol. The quantitative estimate of drug-likeness (QED) is 0.101. The van der Waals surface area contributed by atoms with Gasteiger partial charge in [0.2, 0.25) is 0 Å². The molecule has 558 valence electrons. The van der Waals surface area contributed by atoms with E-state index in [4.69, 9.17) is 0 Å². The summed E-state index contributed by atoms with van der Waals surface area (Å²) >= 11 is 0. The van der Waals surface area contributed by atoms with E-state index in [0.717, 1.165) is 67.5 Å². The van der Waals surface area contributed by atoms with Crippen molar-refractivity contribution in [2.45, 2.75) is 49.4 Å². The molecule has 0 amide bonds. The minimum Gasteiger partial charge on any atom is -0.310 e. The Morgan fingerprint density at radius 1 is 0.161 bits per heavy atom. The maximum atomic E-state index is 2.54. The third kappa shape index (κ3) is 10.7. The van der Waals surface area contributed by atoms with E-state index in [-0.39, 0.29) is 5.41 Å². The minimum atomic E-state index is -0.662. The SMILES string of the molecule is CC1(C)c2ccccc2-c2ccc(N(c3cccc(-c4ccc5c(c4)C(c4ccccc4)(c4ccc(-c6cccc7c6C(C)(C)c6cc(N(c8ccccc8-c8ccccc8)c8ccccc8-c8ccc9c(c8)C(c8ccccc8)(c8ccccc8)c8ccccc8-9)ccc6-7)cc4)c4ccccc4-5)c3)c3ccccc3-c3ccccc3)cc21. The summed E-state index contributed by atoms with van der Waals surface area (Å²) in [5.74, 6) is 0. The summed E-state index contributed by atoms with van der Waals surface area (Å²) in [6.07, 6.45) is 0. The molecule has 2 nitrogen and oxygen atoms in total. The number of hydrogen-bond donors (Lipinski definition) is 0. The van der Waals surface area contributed by atoms with Gasteiger partial charge in [0, 0.05) is 44.6 Å². The fourth-order valence-corrected chi connectivity index (χ4v) is 21.2. The van der Waals surface area contributed by atoms with Gasteiger partial charge in [-0.15, -0.1) is 0 Å². The van der Waals surface area contributed by atoms with E-state index >= 15 is 0 Å². The zero-order valence-corrected chi connectivity index (χ0v) is 66.5. The van der Waals surface area contributed by atoms with Crippen LogP contribution in [0.4, 0.5) is 34.1 Å². The lowest BCUT2D eigenvalue weighted by molar-refractivity contribution is 0.660. The highest BCUT2D eigenvalue weighted by molar-refractivity contribution is 5.99. The van der Waals surface area contributed by atoms with Crippen molar-refractivity contribution in [3.63, 3.8) is 0 Å². The molecule has 2 heteroatoms. The van der Waals surface area contributed by atoms with Crippen LogP contribution in [0.1, 0.15) is 94.5 Å². The number of fused-ring (bicyclic) bond motifs is 12. The Morgan fingerprint density at radius 3 is 0.992 bits per heavy atom. The highest BCUT2D eigenvalue weighted by Crippen LogP contribution is 2.62. The molecular formula is C116H84N2. The summed E-state index contributed by atoms with van der Waals surface area (Å²) < 4.78 is 0. The summed E-state index contributed by atoms with van der Waals surface area (Å²) in [5.41, 5.74) is 42.0.